The molecule has 0 aromatic heterocycles. The molecule has 19 heavy (non-hydrogen) atoms. The normalized spacial score (nSPS) is 21.6. The number of hydrogen-bond acceptors (Lipinski definition) is 3. The number of nitrogens with zero attached hydrogens (tertiary/aromatic N) is 1. The summed E-state index contributed by atoms with van der Waals surface area (Å²) >= 11 is 0. The number of rotatable bonds is 4. The minimum Gasteiger partial charge on any atom is -0.381 e. The van der Waals surface area contributed by atoms with E-state index in [9.17, 15) is 0 Å². The molecule has 0 saturated carbocycles. The molecule has 2 rings (SSSR count). The highest BCUT2D eigenvalue weighted by molar-refractivity contribution is 5.57. The fraction of sp³-hybridized carbons (Fsp3) is 0.562. The Labute approximate surface area is 115 Å². The standard InChI is InChI=1S/C16H22N2O/c1-3-16(4-2)11-14(9-10-19-16)18-15-8-6-5-7-13(15)12-17/h5-8,14,18H,3-4,9-11H2,1-2H3. The van der Waals surface area contributed by atoms with Crippen molar-refractivity contribution < 1.29 is 4.74 Å². The van der Waals surface area contributed by atoms with Crippen LogP contribution in [0.4, 0.5) is 5.69 Å². The highest BCUT2D eigenvalue weighted by atomic mass is 16.5. The summed E-state index contributed by atoms with van der Waals surface area (Å²) < 4.78 is 5.98. The molecule has 1 saturated heterocycles. The Morgan fingerprint density at radius 1 is 1.37 bits per heavy atom. The first-order chi connectivity index (χ1) is 9.23. The maximum Gasteiger partial charge on any atom is 0.101 e. The molecular weight excluding hydrogens is 236 g/mol. The van der Waals surface area contributed by atoms with Crippen LogP contribution >= 0.6 is 0 Å². The molecule has 0 aliphatic carbocycles. The molecule has 0 bridgehead atoms. The number of anilines is 1. The fourth-order valence-electron chi connectivity index (χ4n) is 2.82. The predicted octanol–water partition coefficient (Wildman–Crippen LogP) is 3.71. The molecule has 0 spiro atoms. The Balaban J connectivity index is 2.09. The van der Waals surface area contributed by atoms with Crippen LogP contribution in [0.5, 0.6) is 0 Å². The van der Waals surface area contributed by atoms with Gasteiger partial charge in [-0.05, 0) is 37.8 Å². The van der Waals surface area contributed by atoms with Gasteiger partial charge in [0, 0.05) is 12.6 Å². The number of para-hydroxylation sites is 1. The smallest absolute Gasteiger partial charge is 0.101 e. The third kappa shape index (κ3) is 3.08. The summed E-state index contributed by atoms with van der Waals surface area (Å²) in [4.78, 5) is 0. The predicted molar refractivity (Wildman–Crippen MR) is 77.1 cm³/mol. The quantitative estimate of drug-likeness (QED) is 0.895. The average molecular weight is 258 g/mol. The molecule has 1 unspecified atom stereocenters. The van der Waals surface area contributed by atoms with Crippen molar-refractivity contribution in [1.82, 2.24) is 0 Å². The lowest BCUT2D eigenvalue weighted by molar-refractivity contribution is -0.0864. The van der Waals surface area contributed by atoms with E-state index in [1.165, 1.54) is 0 Å². The van der Waals surface area contributed by atoms with E-state index in [4.69, 9.17) is 10.00 Å². The molecule has 1 aliphatic heterocycles. The first-order valence-corrected chi connectivity index (χ1v) is 7.12. The number of nitriles is 1. The molecule has 0 radical (unpaired) electrons. The lowest BCUT2D eigenvalue weighted by Crippen LogP contribution is -2.43. The van der Waals surface area contributed by atoms with Crippen LogP contribution in [-0.4, -0.2) is 18.2 Å². The molecule has 1 atom stereocenters. The minimum atomic E-state index is 0.0114. The third-order valence-corrected chi connectivity index (χ3v) is 4.19. The van der Waals surface area contributed by atoms with E-state index >= 15 is 0 Å². The van der Waals surface area contributed by atoms with Gasteiger partial charge in [0.1, 0.15) is 6.07 Å². The van der Waals surface area contributed by atoms with Crippen LogP contribution in [0.1, 0.15) is 45.1 Å². The maximum absolute atomic E-state index is 9.13. The summed E-state index contributed by atoms with van der Waals surface area (Å²) in [5, 5.41) is 12.6. The second-order valence-electron chi connectivity index (χ2n) is 5.23. The van der Waals surface area contributed by atoms with Crippen LogP contribution in [0.25, 0.3) is 0 Å². The van der Waals surface area contributed by atoms with E-state index in [0.29, 0.717) is 11.6 Å². The van der Waals surface area contributed by atoms with E-state index in [1.807, 2.05) is 24.3 Å². The average Bonchev–Trinajstić information content (AvgIpc) is 2.48. The number of nitrogens with one attached hydrogen (secondary N) is 1. The lowest BCUT2D eigenvalue weighted by Gasteiger charge is -2.40. The first kappa shape index (κ1) is 13.9. The Kier molecular flexibility index (Phi) is 4.44. The zero-order valence-corrected chi connectivity index (χ0v) is 11.8. The number of benzene rings is 1. The Bertz CT molecular complexity index is 460. The molecule has 0 amide bonds. The van der Waals surface area contributed by atoms with Gasteiger partial charge in [-0.3, -0.25) is 0 Å². The molecule has 1 heterocycles. The highest BCUT2D eigenvalue weighted by Crippen LogP contribution is 2.33. The number of ether oxygens (including phenoxy) is 1. The van der Waals surface area contributed by atoms with Crippen LogP contribution < -0.4 is 5.32 Å². The van der Waals surface area contributed by atoms with Gasteiger partial charge in [-0.2, -0.15) is 5.26 Å². The van der Waals surface area contributed by atoms with Crippen LogP contribution in [0.2, 0.25) is 0 Å². The number of hydrogen-bond donors (Lipinski definition) is 1. The molecule has 1 fully saturated rings. The Morgan fingerprint density at radius 2 is 2.11 bits per heavy atom. The zero-order chi connectivity index (χ0) is 13.7. The minimum absolute atomic E-state index is 0.0114. The topological polar surface area (TPSA) is 45.0 Å². The highest BCUT2D eigenvalue weighted by Gasteiger charge is 2.34. The molecule has 1 aromatic carbocycles. The van der Waals surface area contributed by atoms with Crippen molar-refractivity contribution in [2.45, 2.75) is 51.2 Å². The first-order valence-electron chi connectivity index (χ1n) is 7.12. The van der Waals surface area contributed by atoms with E-state index in [-0.39, 0.29) is 5.60 Å². The van der Waals surface area contributed by atoms with E-state index in [0.717, 1.165) is 38.0 Å². The third-order valence-electron chi connectivity index (χ3n) is 4.19. The second-order valence-corrected chi connectivity index (χ2v) is 5.23. The largest absolute Gasteiger partial charge is 0.381 e. The van der Waals surface area contributed by atoms with Gasteiger partial charge in [0.2, 0.25) is 0 Å². The van der Waals surface area contributed by atoms with Gasteiger partial charge >= 0.3 is 0 Å². The van der Waals surface area contributed by atoms with Crippen LogP contribution in [0.15, 0.2) is 24.3 Å². The molecule has 3 nitrogen and oxygen atoms in total. The van der Waals surface area contributed by atoms with Gasteiger partial charge in [0.05, 0.1) is 16.9 Å². The molecule has 1 aromatic rings. The van der Waals surface area contributed by atoms with Gasteiger partial charge in [-0.25, -0.2) is 0 Å². The molecule has 3 heteroatoms. The summed E-state index contributed by atoms with van der Waals surface area (Å²) in [6.45, 7) is 5.18. The van der Waals surface area contributed by atoms with E-state index in [1.54, 1.807) is 0 Å². The van der Waals surface area contributed by atoms with Crippen LogP contribution in [0, 0.1) is 11.3 Å². The van der Waals surface area contributed by atoms with Crippen molar-refractivity contribution in [3.05, 3.63) is 29.8 Å². The maximum atomic E-state index is 9.13. The lowest BCUT2D eigenvalue weighted by atomic mass is 9.86. The van der Waals surface area contributed by atoms with Gasteiger partial charge in [-0.1, -0.05) is 26.0 Å². The molecule has 1 aliphatic rings. The monoisotopic (exact) mass is 258 g/mol. The summed E-state index contributed by atoms with van der Waals surface area (Å²) in [6.07, 6.45) is 4.10. The van der Waals surface area contributed by atoms with Crippen molar-refractivity contribution in [2.24, 2.45) is 0 Å². The summed E-state index contributed by atoms with van der Waals surface area (Å²) in [6, 6.07) is 10.3. The SMILES string of the molecule is CCC1(CC)CC(Nc2ccccc2C#N)CCO1. The summed E-state index contributed by atoms with van der Waals surface area (Å²) in [5.74, 6) is 0. The molecule has 102 valence electrons. The summed E-state index contributed by atoms with van der Waals surface area (Å²) in [5.41, 5.74) is 1.67. The van der Waals surface area contributed by atoms with Crippen molar-refractivity contribution >= 4 is 5.69 Å². The van der Waals surface area contributed by atoms with Crippen LogP contribution in [0.3, 0.4) is 0 Å². The zero-order valence-electron chi connectivity index (χ0n) is 11.8. The molecule has 1 N–H and O–H groups in total. The van der Waals surface area contributed by atoms with Crippen molar-refractivity contribution in [2.75, 3.05) is 11.9 Å². The Hall–Kier alpha value is -1.53. The fourth-order valence-corrected chi connectivity index (χ4v) is 2.82. The van der Waals surface area contributed by atoms with Crippen LogP contribution in [-0.2, 0) is 4.74 Å². The van der Waals surface area contributed by atoms with Crippen molar-refractivity contribution in [1.29, 1.82) is 5.26 Å². The van der Waals surface area contributed by atoms with E-state index < -0.39 is 0 Å². The summed E-state index contributed by atoms with van der Waals surface area (Å²) in [7, 11) is 0. The van der Waals surface area contributed by atoms with Crippen molar-refractivity contribution in [3.63, 3.8) is 0 Å². The van der Waals surface area contributed by atoms with Gasteiger partial charge in [0.25, 0.3) is 0 Å². The van der Waals surface area contributed by atoms with Gasteiger partial charge in [0.15, 0.2) is 0 Å². The molecular formula is C16H22N2O. The van der Waals surface area contributed by atoms with Gasteiger partial charge in [-0.15, -0.1) is 0 Å². The van der Waals surface area contributed by atoms with E-state index in [2.05, 4.69) is 25.2 Å². The Morgan fingerprint density at radius 3 is 2.79 bits per heavy atom. The van der Waals surface area contributed by atoms with Gasteiger partial charge < -0.3 is 10.1 Å². The second kappa shape index (κ2) is 6.08. The van der Waals surface area contributed by atoms with Crippen molar-refractivity contribution in [3.8, 4) is 6.07 Å².